The highest BCUT2D eigenvalue weighted by Gasteiger charge is 2.34. The maximum absolute atomic E-state index is 10.9. The standard InChI is InChI=1S/C13H16O2/c1-9(2)10-4-5-12-11(6-10)7-13(3,8-14)15-12/h4-6,8-9H,7H2,1-3H3. The van der Waals surface area contributed by atoms with E-state index in [1.165, 1.54) is 5.56 Å². The van der Waals surface area contributed by atoms with E-state index in [0.717, 1.165) is 17.6 Å². The van der Waals surface area contributed by atoms with Crippen LogP contribution in [0.2, 0.25) is 0 Å². The number of ether oxygens (including phenoxy) is 1. The van der Waals surface area contributed by atoms with Crippen LogP contribution in [0.1, 0.15) is 37.8 Å². The molecular weight excluding hydrogens is 188 g/mol. The average molecular weight is 204 g/mol. The Morgan fingerprint density at radius 3 is 2.80 bits per heavy atom. The molecule has 15 heavy (non-hydrogen) atoms. The molecule has 0 aromatic heterocycles. The minimum absolute atomic E-state index is 0.512. The van der Waals surface area contributed by atoms with Crippen LogP contribution >= 0.6 is 0 Å². The van der Waals surface area contributed by atoms with Gasteiger partial charge in [0.15, 0.2) is 11.9 Å². The van der Waals surface area contributed by atoms with Gasteiger partial charge in [0.05, 0.1) is 0 Å². The minimum Gasteiger partial charge on any atom is -0.479 e. The number of fused-ring (bicyclic) bond motifs is 1. The topological polar surface area (TPSA) is 26.3 Å². The van der Waals surface area contributed by atoms with Crippen molar-refractivity contribution in [3.63, 3.8) is 0 Å². The first-order valence-corrected chi connectivity index (χ1v) is 5.32. The first kappa shape index (κ1) is 10.2. The van der Waals surface area contributed by atoms with E-state index in [9.17, 15) is 4.79 Å². The van der Waals surface area contributed by atoms with Gasteiger partial charge in [0.1, 0.15) is 5.75 Å². The third kappa shape index (κ3) is 1.76. The van der Waals surface area contributed by atoms with Crippen LogP contribution in [0.25, 0.3) is 0 Å². The van der Waals surface area contributed by atoms with Crippen LogP contribution in [0.4, 0.5) is 0 Å². The Labute approximate surface area is 90.3 Å². The van der Waals surface area contributed by atoms with Crippen molar-refractivity contribution < 1.29 is 9.53 Å². The highest BCUT2D eigenvalue weighted by Crippen LogP contribution is 2.35. The third-order valence-electron chi connectivity index (χ3n) is 2.89. The van der Waals surface area contributed by atoms with Crippen molar-refractivity contribution in [1.29, 1.82) is 0 Å². The molecule has 1 atom stereocenters. The van der Waals surface area contributed by atoms with Crippen LogP contribution < -0.4 is 4.74 Å². The summed E-state index contributed by atoms with van der Waals surface area (Å²) in [7, 11) is 0. The van der Waals surface area contributed by atoms with E-state index in [0.29, 0.717) is 12.3 Å². The maximum Gasteiger partial charge on any atom is 0.165 e. The van der Waals surface area contributed by atoms with Crippen LogP contribution in [-0.4, -0.2) is 11.9 Å². The van der Waals surface area contributed by atoms with Crippen molar-refractivity contribution in [2.45, 2.75) is 38.7 Å². The summed E-state index contributed by atoms with van der Waals surface area (Å²) in [6.07, 6.45) is 1.58. The predicted molar refractivity (Wildman–Crippen MR) is 59.3 cm³/mol. The highest BCUT2D eigenvalue weighted by atomic mass is 16.5. The largest absolute Gasteiger partial charge is 0.479 e. The summed E-state index contributed by atoms with van der Waals surface area (Å²) in [6.45, 7) is 6.15. The Hall–Kier alpha value is -1.31. The van der Waals surface area contributed by atoms with Gasteiger partial charge < -0.3 is 4.74 Å². The van der Waals surface area contributed by atoms with Gasteiger partial charge in [0.2, 0.25) is 0 Å². The summed E-state index contributed by atoms with van der Waals surface area (Å²) in [6, 6.07) is 6.19. The molecular formula is C13H16O2. The molecule has 2 nitrogen and oxygen atoms in total. The SMILES string of the molecule is CC(C)c1ccc2c(c1)CC(C)(C=O)O2. The minimum atomic E-state index is -0.655. The number of hydrogen-bond acceptors (Lipinski definition) is 2. The van der Waals surface area contributed by atoms with Gasteiger partial charge in [-0.3, -0.25) is 4.79 Å². The van der Waals surface area contributed by atoms with E-state index in [1.54, 1.807) is 0 Å². The molecule has 2 rings (SSSR count). The summed E-state index contributed by atoms with van der Waals surface area (Å²) in [4.78, 5) is 10.9. The molecule has 0 aliphatic carbocycles. The van der Waals surface area contributed by atoms with E-state index >= 15 is 0 Å². The zero-order chi connectivity index (χ0) is 11.1. The second-order valence-electron chi connectivity index (χ2n) is 4.73. The van der Waals surface area contributed by atoms with Crippen LogP contribution in [0.15, 0.2) is 18.2 Å². The fourth-order valence-electron chi connectivity index (χ4n) is 1.93. The lowest BCUT2D eigenvalue weighted by Crippen LogP contribution is -2.31. The highest BCUT2D eigenvalue weighted by molar-refractivity contribution is 5.66. The van der Waals surface area contributed by atoms with Crippen molar-refractivity contribution in [1.82, 2.24) is 0 Å². The molecule has 0 saturated carbocycles. The van der Waals surface area contributed by atoms with E-state index in [-0.39, 0.29) is 0 Å². The zero-order valence-corrected chi connectivity index (χ0v) is 9.41. The summed E-state index contributed by atoms with van der Waals surface area (Å²) >= 11 is 0. The van der Waals surface area contributed by atoms with Crippen molar-refractivity contribution >= 4 is 6.29 Å². The second-order valence-corrected chi connectivity index (χ2v) is 4.73. The lowest BCUT2D eigenvalue weighted by atomic mass is 9.96. The Kier molecular flexibility index (Phi) is 2.29. The summed E-state index contributed by atoms with van der Waals surface area (Å²) in [5.74, 6) is 1.37. The number of benzene rings is 1. The van der Waals surface area contributed by atoms with Gasteiger partial charge in [-0.15, -0.1) is 0 Å². The fraction of sp³-hybridized carbons (Fsp3) is 0.462. The molecule has 1 heterocycles. The lowest BCUT2D eigenvalue weighted by molar-refractivity contribution is -0.118. The number of aldehydes is 1. The normalized spacial score (nSPS) is 23.7. The molecule has 0 N–H and O–H groups in total. The van der Waals surface area contributed by atoms with Crippen LogP contribution in [0.5, 0.6) is 5.75 Å². The Bertz CT molecular complexity index is 396. The van der Waals surface area contributed by atoms with Crippen molar-refractivity contribution in [3.05, 3.63) is 29.3 Å². The van der Waals surface area contributed by atoms with Crippen molar-refractivity contribution in [3.8, 4) is 5.75 Å². The quantitative estimate of drug-likeness (QED) is 0.692. The molecule has 1 aromatic carbocycles. The maximum atomic E-state index is 10.9. The smallest absolute Gasteiger partial charge is 0.165 e. The fourth-order valence-corrected chi connectivity index (χ4v) is 1.93. The molecule has 2 heteroatoms. The molecule has 1 aliphatic rings. The first-order chi connectivity index (χ1) is 7.04. The van der Waals surface area contributed by atoms with Gasteiger partial charge in [0.25, 0.3) is 0 Å². The Morgan fingerprint density at radius 1 is 1.47 bits per heavy atom. The lowest BCUT2D eigenvalue weighted by Gasteiger charge is -2.14. The van der Waals surface area contributed by atoms with Crippen molar-refractivity contribution in [2.24, 2.45) is 0 Å². The van der Waals surface area contributed by atoms with E-state index < -0.39 is 5.60 Å². The van der Waals surface area contributed by atoms with Crippen LogP contribution in [0.3, 0.4) is 0 Å². The van der Waals surface area contributed by atoms with Crippen molar-refractivity contribution in [2.75, 3.05) is 0 Å². The predicted octanol–water partition coefficient (Wildman–Crippen LogP) is 2.70. The zero-order valence-electron chi connectivity index (χ0n) is 9.41. The van der Waals surface area contributed by atoms with E-state index in [2.05, 4.69) is 26.0 Å². The van der Waals surface area contributed by atoms with Gasteiger partial charge in [-0.25, -0.2) is 0 Å². The second kappa shape index (κ2) is 3.37. The molecule has 0 radical (unpaired) electrons. The van der Waals surface area contributed by atoms with Gasteiger partial charge in [0, 0.05) is 6.42 Å². The molecule has 0 bridgehead atoms. The Balaban J connectivity index is 2.35. The van der Waals surface area contributed by atoms with Gasteiger partial charge in [-0.2, -0.15) is 0 Å². The number of carbonyl (C=O) groups is 1. The number of rotatable bonds is 2. The summed E-state index contributed by atoms with van der Waals surface area (Å²) in [5, 5.41) is 0. The van der Waals surface area contributed by atoms with E-state index in [1.807, 2.05) is 13.0 Å². The van der Waals surface area contributed by atoms with E-state index in [4.69, 9.17) is 4.74 Å². The molecule has 0 fully saturated rings. The number of hydrogen-bond donors (Lipinski definition) is 0. The monoisotopic (exact) mass is 204 g/mol. The van der Waals surface area contributed by atoms with Crippen LogP contribution in [-0.2, 0) is 11.2 Å². The molecule has 0 amide bonds. The molecule has 1 aromatic rings. The summed E-state index contributed by atoms with van der Waals surface area (Å²) in [5.41, 5.74) is 1.79. The molecule has 1 aliphatic heterocycles. The summed E-state index contributed by atoms with van der Waals surface area (Å²) < 4.78 is 5.61. The van der Waals surface area contributed by atoms with Gasteiger partial charge >= 0.3 is 0 Å². The molecule has 80 valence electrons. The third-order valence-corrected chi connectivity index (χ3v) is 2.89. The van der Waals surface area contributed by atoms with Gasteiger partial charge in [-0.1, -0.05) is 26.0 Å². The van der Waals surface area contributed by atoms with Crippen LogP contribution in [0, 0.1) is 0 Å². The van der Waals surface area contributed by atoms with Gasteiger partial charge in [-0.05, 0) is 30.0 Å². The first-order valence-electron chi connectivity index (χ1n) is 5.32. The molecule has 0 spiro atoms. The molecule has 1 unspecified atom stereocenters. The average Bonchev–Trinajstić information content (AvgIpc) is 2.53. The molecule has 0 saturated heterocycles. The Morgan fingerprint density at radius 2 is 2.20 bits per heavy atom. The number of carbonyl (C=O) groups excluding carboxylic acids is 1.